The summed E-state index contributed by atoms with van der Waals surface area (Å²) in [5.41, 5.74) is 6.88. The van der Waals surface area contributed by atoms with E-state index in [0.717, 1.165) is 5.65 Å². The van der Waals surface area contributed by atoms with E-state index in [4.69, 9.17) is 5.73 Å². The third-order valence-corrected chi connectivity index (χ3v) is 3.74. The third-order valence-electron chi connectivity index (χ3n) is 2.69. The zero-order valence-electron chi connectivity index (χ0n) is 10.1. The lowest BCUT2D eigenvalue weighted by Crippen LogP contribution is -1.94. The Balaban J connectivity index is 1.97. The largest absolute Gasteiger partial charge is 0.398 e. The second kappa shape index (κ2) is 4.82. The summed E-state index contributed by atoms with van der Waals surface area (Å²) in [6.07, 6.45) is 1.85. The summed E-state index contributed by atoms with van der Waals surface area (Å²) in [4.78, 5) is 10.9. The highest BCUT2D eigenvalue weighted by molar-refractivity contribution is 7.99. The smallest absolute Gasteiger partial charge is 0.271 e. The van der Waals surface area contributed by atoms with Gasteiger partial charge in [-0.2, -0.15) is 0 Å². The van der Waals surface area contributed by atoms with E-state index in [0.29, 0.717) is 15.7 Å². The van der Waals surface area contributed by atoms with Crippen LogP contribution in [0.5, 0.6) is 0 Å². The number of aromatic nitrogens is 3. The first-order valence-electron chi connectivity index (χ1n) is 5.67. The van der Waals surface area contributed by atoms with Crippen LogP contribution < -0.4 is 5.73 Å². The van der Waals surface area contributed by atoms with Crippen molar-refractivity contribution in [3.8, 4) is 0 Å². The van der Waals surface area contributed by atoms with Gasteiger partial charge in [0.25, 0.3) is 5.69 Å². The standard InChI is InChI=1S/C12H9N5O2S/c13-9-7-8(17(18)19)4-5-10(9)20-12-15-14-11-3-1-2-6-16(11)12/h1-7H,13H2. The number of hydrogen-bond donors (Lipinski definition) is 1. The van der Waals surface area contributed by atoms with E-state index in [-0.39, 0.29) is 5.69 Å². The van der Waals surface area contributed by atoms with Crippen molar-refractivity contribution in [3.05, 3.63) is 52.7 Å². The molecule has 7 nitrogen and oxygen atoms in total. The molecule has 100 valence electrons. The average molecular weight is 287 g/mol. The quantitative estimate of drug-likeness (QED) is 0.451. The van der Waals surface area contributed by atoms with Crippen LogP contribution in [0, 0.1) is 10.1 Å². The minimum Gasteiger partial charge on any atom is -0.398 e. The number of pyridine rings is 1. The maximum Gasteiger partial charge on any atom is 0.271 e. The van der Waals surface area contributed by atoms with Crippen LogP contribution in [0.2, 0.25) is 0 Å². The van der Waals surface area contributed by atoms with Gasteiger partial charge in [0, 0.05) is 23.2 Å². The fourth-order valence-electron chi connectivity index (χ4n) is 1.73. The van der Waals surface area contributed by atoms with E-state index >= 15 is 0 Å². The van der Waals surface area contributed by atoms with Gasteiger partial charge in [-0.3, -0.25) is 14.5 Å². The highest BCUT2D eigenvalue weighted by atomic mass is 32.2. The Morgan fingerprint density at radius 3 is 2.85 bits per heavy atom. The summed E-state index contributed by atoms with van der Waals surface area (Å²) in [6, 6.07) is 9.96. The Morgan fingerprint density at radius 2 is 2.10 bits per heavy atom. The normalized spacial score (nSPS) is 10.8. The molecule has 0 atom stereocenters. The van der Waals surface area contributed by atoms with E-state index in [1.165, 1.54) is 23.9 Å². The van der Waals surface area contributed by atoms with Crippen LogP contribution in [0.25, 0.3) is 5.65 Å². The van der Waals surface area contributed by atoms with E-state index in [9.17, 15) is 10.1 Å². The van der Waals surface area contributed by atoms with Gasteiger partial charge in [0.05, 0.1) is 10.6 Å². The van der Waals surface area contributed by atoms with Gasteiger partial charge in [-0.05, 0) is 30.0 Å². The number of nitrogen functional groups attached to an aromatic ring is 1. The molecule has 2 aromatic heterocycles. The number of benzene rings is 1. The Kier molecular flexibility index (Phi) is 2.99. The summed E-state index contributed by atoms with van der Waals surface area (Å²) in [5.74, 6) is 0. The molecule has 0 aliphatic carbocycles. The van der Waals surface area contributed by atoms with Gasteiger partial charge in [0.15, 0.2) is 10.8 Å². The van der Waals surface area contributed by atoms with Gasteiger partial charge in [-0.1, -0.05) is 6.07 Å². The molecule has 3 aromatic rings. The first-order chi connectivity index (χ1) is 9.65. The average Bonchev–Trinajstić information content (AvgIpc) is 2.84. The molecule has 20 heavy (non-hydrogen) atoms. The monoisotopic (exact) mass is 287 g/mol. The summed E-state index contributed by atoms with van der Waals surface area (Å²) in [7, 11) is 0. The Hall–Kier alpha value is -2.61. The topological polar surface area (TPSA) is 99.3 Å². The molecular formula is C12H9N5O2S. The first-order valence-corrected chi connectivity index (χ1v) is 6.48. The molecule has 0 saturated heterocycles. The minimum atomic E-state index is -0.475. The van der Waals surface area contributed by atoms with Crippen molar-refractivity contribution in [1.82, 2.24) is 14.6 Å². The van der Waals surface area contributed by atoms with Crippen LogP contribution >= 0.6 is 11.8 Å². The number of nitrogens with zero attached hydrogens (tertiary/aromatic N) is 4. The van der Waals surface area contributed by atoms with Crippen molar-refractivity contribution >= 4 is 28.8 Å². The number of anilines is 1. The van der Waals surface area contributed by atoms with Crippen molar-refractivity contribution in [2.24, 2.45) is 0 Å². The van der Waals surface area contributed by atoms with Crippen molar-refractivity contribution in [3.63, 3.8) is 0 Å². The maximum absolute atomic E-state index is 10.7. The molecule has 2 heterocycles. The zero-order valence-corrected chi connectivity index (χ0v) is 10.9. The molecule has 0 radical (unpaired) electrons. The molecule has 3 rings (SSSR count). The lowest BCUT2D eigenvalue weighted by molar-refractivity contribution is -0.384. The molecule has 2 N–H and O–H groups in total. The lowest BCUT2D eigenvalue weighted by atomic mass is 10.3. The van der Waals surface area contributed by atoms with Crippen LogP contribution in [0.1, 0.15) is 0 Å². The fourth-order valence-corrected chi connectivity index (χ4v) is 2.57. The minimum absolute atomic E-state index is 0.0297. The summed E-state index contributed by atoms with van der Waals surface area (Å²) in [6.45, 7) is 0. The molecule has 0 amide bonds. The van der Waals surface area contributed by atoms with Crippen molar-refractivity contribution < 1.29 is 4.92 Å². The fraction of sp³-hybridized carbons (Fsp3) is 0. The third kappa shape index (κ3) is 2.16. The SMILES string of the molecule is Nc1cc([N+](=O)[O-])ccc1Sc1nnc2ccccn12. The highest BCUT2D eigenvalue weighted by Crippen LogP contribution is 2.33. The molecule has 0 bridgehead atoms. The summed E-state index contributed by atoms with van der Waals surface area (Å²) >= 11 is 1.31. The molecule has 0 aliphatic heterocycles. The second-order valence-electron chi connectivity index (χ2n) is 3.99. The van der Waals surface area contributed by atoms with Gasteiger partial charge >= 0.3 is 0 Å². The van der Waals surface area contributed by atoms with Crippen LogP contribution in [0.3, 0.4) is 0 Å². The van der Waals surface area contributed by atoms with Gasteiger partial charge < -0.3 is 5.73 Å². The summed E-state index contributed by atoms with van der Waals surface area (Å²) in [5, 5.41) is 19.4. The number of fused-ring (bicyclic) bond motifs is 1. The van der Waals surface area contributed by atoms with Gasteiger partial charge in [0.1, 0.15) is 0 Å². The Bertz CT molecular complexity index is 801. The molecule has 0 aliphatic rings. The molecule has 8 heteroatoms. The first kappa shape index (κ1) is 12.4. The predicted octanol–water partition coefficient (Wildman–Crippen LogP) is 2.37. The molecule has 0 unspecified atom stereocenters. The van der Waals surface area contributed by atoms with Crippen molar-refractivity contribution in [2.45, 2.75) is 10.1 Å². The molecule has 0 saturated carbocycles. The lowest BCUT2D eigenvalue weighted by Gasteiger charge is -2.03. The van der Waals surface area contributed by atoms with E-state index in [1.54, 1.807) is 6.07 Å². The number of rotatable bonds is 3. The molecule has 0 fully saturated rings. The molecule has 1 aromatic carbocycles. The Morgan fingerprint density at radius 1 is 1.25 bits per heavy atom. The van der Waals surface area contributed by atoms with Crippen LogP contribution in [-0.2, 0) is 0 Å². The summed E-state index contributed by atoms with van der Waals surface area (Å²) < 4.78 is 1.82. The number of nitro benzene ring substituents is 1. The molecule has 0 spiro atoms. The number of non-ortho nitro benzene ring substituents is 1. The van der Waals surface area contributed by atoms with Crippen LogP contribution in [-0.4, -0.2) is 19.5 Å². The Labute approximate surface area is 117 Å². The highest BCUT2D eigenvalue weighted by Gasteiger charge is 2.12. The molecular weight excluding hydrogens is 278 g/mol. The van der Waals surface area contributed by atoms with E-state index in [1.807, 2.05) is 28.8 Å². The maximum atomic E-state index is 10.7. The van der Waals surface area contributed by atoms with Crippen LogP contribution in [0.15, 0.2) is 52.6 Å². The van der Waals surface area contributed by atoms with Crippen LogP contribution in [0.4, 0.5) is 11.4 Å². The number of nitrogens with two attached hydrogens (primary N) is 1. The number of nitro groups is 1. The van der Waals surface area contributed by atoms with E-state index < -0.39 is 4.92 Å². The predicted molar refractivity (Wildman–Crippen MR) is 74.6 cm³/mol. The zero-order chi connectivity index (χ0) is 14.1. The van der Waals surface area contributed by atoms with E-state index in [2.05, 4.69) is 10.2 Å². The van der Waals surface area contributed by atoms with Gasteiger partial charge in [-0.25, -0.2) is 0 Å². The number of hydrogen-bond acceptors (Lipinski definition) is 6. The van der Waals surface area contributed by atoms with Gasteiger partial charge in [-0.15, -0.1) is 10.2 Å². The van der Waals surface area contributed by atoms with Crippen molar-refractivity contribution in [2.75, 3.05) is 5.73 Å². The second-order valence-corrected chi connectivity index (χ2v) is 5.00. The van der Waals surface area contributed by atoms with Crippen molar-refractivity contribution in [1.29, 1.82) is 0 Å². The van der Waals surface area contributed by atoms with Gasteiger partial charge in [0.2, 0.25) is 0 Å².